The number of aryl methyl sites for hydroxylation is 1. The van der Waals surface area contributed by atoms with E-state index in [1.807, 2.05) is 0 Å². The molecule has 8 nitrogen and oxygen atoms in total. The second-order valence-corrected chi connectivity index (χ2v) is 9.51. The predicted molar refractivity (Wildman–Crippen MR) is 119 cm³/mol. The van der Waals surface area contributed by atoms with Gasteiger partial charge in [-0.1, -0.05) is 12.8 Å². The number of hydrogen-bond acceptors (Lipinski definition) is 6. The monoisotopic (exact) mass is 456 g/mol. The van der Waals surface area contributed by atoms with Crippen LogP contribution in [0.4, 0.5) is 10.7 Å². The minimum absolute atomic E-state index is 0.152. The van der Waals surface area contributed by atoms with Crippen molar-refractivity contribution in [2.24, 2.45) is 11.8 Å². The van der Waals surface area contributed by atoms with Crippen LogP contribution >= 0.6 is 11.3 Å². The summed E-state index contributed by atoms with van der Waals surface area (Å²) in [6.07, 6.45) is 5.34. The van der Waals surface area contributed by atoms with E-state index in [0.717, 1.165) is 42.5 Å². The Labute approximate surface area is 188 Å². The van der Waals surface area contributed by atoms with E-state index < -0.39 is 17.8 Å². The molecule has 1 saturated carbocycles. The molecule has 3 N–H and O–H groups in total. The van der Waals surface area contributed by atoms with Gasteiger partial charge in [0.2, 0.25) is 12.7 Å². The number of carbonyl (C=O) groups is 3. The average molecular weight is 457 g/mol. The molecule has 2 aliphatic carbocycles. The summed E-state index contributed by atoms with van der Waals surface area (Å²) in [6, 6.07) is 5.20. The Bertz CT molecular complexity index is 1090. The van der Waals surface area contributed by atoms with Gasteiger partial charge in [-0.3, -0.25) is 14.4 Å². The van der Waals surface area contributed by atoms with Crippen LogP contribution in [0.2, 0.25) is 0 Å². The number of thiophene rings is 1. The summed E-state index contributed by atoms with van der Waals surface area (Å²) >= 11 is 1.42. The van der Waals surface area contributed by atoms with E-state index in [2.05, 4.69) is 10.6 Å². The Balaban J connectivity index is 1.39. The molecule has 2 heterocycles. The van der Waals surface area contributed by atoms with Crippen molar-refractivity contribution in [3.05, 3.63) is 34.2 Å². The van der Waals surface area contributed by atoms with Gasteiger partial charge < -0.3 is 25.2 Å². The molecular weight excluding hydrogens is 432 g/mol. The van der Waals surface area contributed by atoms with Crippen molar-refractivity contribution < 1.29 is 29.0 Å². The first-order chi connectivity index (χ1) is 15.5. The van der Waals surface area contributed by atoms with E-state index in [-0.39, 0.29) is 18.6 Å². The average Bonchev–Trinajstić information content (AvgIpc) is 3.49. The van der Waals surface area contributed by atoms with Crippen LogP contribution in [-0.4, -0.2) is 29.7 Å². The van der Waals surface area contributed by atoms with E-state index in [9.17, 15) is 19.5 Å². The van der Waals surface area contributed by atoms with Crippen LogP contribution in [0.5, 0.6) is 11.5 Å². The number of amides is 2. The third-order valence-corrected chi connectivity index (χ3v) is 7.64. The standard InChI is InChI=1S/C23H24N2O6S/c26-20(13-4-1-2-5-14(13)23(28)29)25-22-19(15-6-3-7-18(15)32-22)21(27)24-12-8-9-16-17(10-12)31-11-30-16/h8-10,13-14H,1-7,11H2,(H,24,27)(H,25,26)(H,28,29). The molecule has 0 saturated heterocycles. The molecule has 2 aromatic rings. The van der Waals surface area contributed by atoms with Crippen molar-refractivity contribution in [2.75, 3.05) is 17.4 Å². The normalized spacial score (nSPS) is 21.1. The Kier molecular flexibility index (Phi) is 5.50. The first kappa shape index (κ1) is 20.8. The summed E-state index contributed by atoms with van der Waals surface area (Å²) in [6.45, 7) is 0.152. The number of nitrogens with one attached hydrogen (secondary N) is 2. The predicted octanol–water partition coefficient (Wildman–Crippen LogP) is 4.05. The molecule has 0 radical (unpaired) electrons. The number of anilines is 2. The summed E-state index contributed by atoms with van der Waals surface area (Å²) in [5.74, 6) is -1.59. The van der Waals surface area contributed by atoms with Gasteiger partial charge in [0.15, 0.2) is 11.5 Å². The van der Waals surface area contributed by atoms with Crippen LogP contribution in [0.25, 0.3) is 0 Å². The summed E-state index contributed by atoms with van der Waals surface area (Å²) in [5, 5.41) is 15.9. The van der Waals surface area contributed by atoms with Gasteiger partial charge in [-0.25, -0.2) is 0 Å². The fourth-order valence-corrected chi connectivity index (χ4v) is 6.13. The molecule has 2 unspecified atom stereocenters. The van der Waals surface area contributed by atoms with Crippen LogP contribution in [0.15, 0.2) is 18.2 Å². The minimum Gasteiger partial charge on any atom is -0.481 e. The van der Waals surface area contributed by atoms with Crippen LogP contribution in [-0.2, 0) is 22.4 Å². The summed E-state index contributed by atoms with van der Waals surface area (Å²) < 4.78 is 10.7. The van der Waals surface area contributed by atoms with Gasteiger partial charge >= 0.3 is 5.97 Å². The first-order valence-corrected chi connectivity index (χ1v) is 11.7. The number of aliphatic carboxylic acids is 1. The number of benzene rings is 1. The second-order valence-electron chi connectivity index (χ2n) is 8.41. The molecule has 3 aliphatic rings. The first-order valence-electron chi connectivity index (χ1n) is 10.9. The molecule has 1 aromatic heterocycles. The van der Waals surface area contributed by atoms with Crippen LogP contribution in [0.1, 0.15) is 52.9 Å². The van der Waals surface area contributed by atoms with Crippen molar-refractivity contribution >= 4 is 39.8 Å². The Morgan fingerprint density at radius 3 is 2.56 bits per heavy atom. The van der Waals surface area contributed by atoms with Gasteiger partial charge in [-0.05, 0) is 49.8 Å². The zero-order chi connectivity index (χ0) is 22.2. The zero-order valence-electron chi connectivity index (χ0n) is 17.4. The Morgan fingerprint density at radius 2 is 1.75 bits per heavy atom. The van der Waals surface area contributed by atoms with Crippen molar-refractivity contribution in [3.8, 4) is 11.5 Å². The lowest BCUT2D eigenvalue weighted by Gasteiger charge is -2.27. The summed E-state index contributed by atoms with van der Waals surface area (Å²) in [5.41, 5.74) is 2.03. The fraction of sp³-hybridized carbons (Fsp3) is 0.435. The fourth-order valence-electron chi connectivity index (χ4n) is 4.85. The third kappa shape index (κ3) is 3.81. The smallest absolute Gasteiger partial charge is 0.307 e. The molecule has 0 bridgehead atoms. The highest BCUT2D eigenvalue weighted by Crippen LogP contribution is 2.41. The highest BCUT2D eigenvalue weighted by molar-refractivity contribution is 7.17. The van der Waals surface area contributed by atoms with Crippen molar-refractivity contribution in [2.45, 2.75) is 44.9 Å². The zero-order valence-corrected chi connectivity index (χ0v) is 18.3. The van der Waals surface area contributed by atoms with Crippen molar-refractivity contribution in [1.29, 1.82) is 0 Å². The van der Waals surface area contributed by atoms with E-state index in [4.69, 9.17) is 9.47 Å². The second kappa shape index (κ2) is 8.46. The number of hydrogen-bond donors (Lipinski definition) is 3. The molecule has 1 aliphatic heterocycles. The van der Waals surface area contributed by atoms with Gasteiger partial charge in [-0.2, -0.15) is 0 Å². The van der Waals surface area contributed by atoms with Crippen LogP contribution in [0, 0.1) is 11.8 Å². The topological polar surface area (TPSA) is 114 Å². The molecule has 1 aromatic carbocycles. The van der Waals surface area contributed by atoms with Crippen LogP contribution in [0.3, 0.4) is 0 Å². The lowest BCUT2D eigenvalue weighted by atomic mass is 9.79. The number of carbonyl (C=O) groups excluding carboxylic acids is 2. The molecule has 168 valence electrons. The summed E-state index contributed by atoms with van der Waals surface area (Å²) in [4.78, 5) is 39.0. The van der Waals surface area contributed by atoms with E-state index >= 15 is 0 Å². The Hall–Kier alpha value is -3.07. The molecular formula is C23H24N2O6S. The number of carboxylic acid groups (broad SMARTS) is 1. The Morgan fingerprint density at radius 1 is 0.969 bits per heavy atom. The van der Waals surface area contributed by atoms with Crippen molar-refractivity contribution in [1.82, 2.24) is 0 Å². The largest absolute Gasteiger partial charge is 0.481 e. The molecule has 9 heteroatoms. The van der Waals surface area contributed by atoms with Gasteiger partial charge in [0.1, 0.15) is 5.00 Å². The highest BCUT2D eigenvalue weighted by Gasteiger charge is 2.37. The molecule has 0 spiro atoms. The van der Waals surface area contributed by atoms with Crippen LogP contribution < -0.4 is 20.1 Å². The van der Waals surface area contributed by atoms with E-state index in [0.29, 0.717) is 40.6 Å². The molecule has 2 atom stereocenters. The molecule has 32 heavy (non-hydrogen) atoms. The number of ether oxygens (including phenoxy) is 2. The van der Waals surface area contributed by atoms with E-state index in [1.54, 1.807) is 18.2 Å². The van der Waals surface area contributed by atoms with E-state index in [1.165, 1.54) is 11.3 Å². The molecule has 5 rings (SSSR count). The molecule has 1 fully saturated rings. The van der Waals surface area contributed by atoms with Gasteiger partial charge in [0.05, 0.1) is 17.4 Å². The number of rotatable bonds is 5. The number of carboxylic acids is 1. The minimum atomic E-state index is -0.931. The lowest BCUT2D eigenvalue weighted by Crippen LogP contribution is -2.36. The third-order valence-electron chi connectivity index (χ3n) is 6.44. The maximum Gasteiger partial charge on any atom is 0.307 e. The van der Waals surface area contributed by atoms with Gasteiger partial charge in [0, 0.05) is 16.6 Å². The molecule has 2 amide bonds. The maximum atomic E-state index is 13.3. The van der Waals surface area contributed by atoms with Gasteiger partial charge in [0.25, 0.3) is 5.91 Å². The van der Waals surface area contributed by atoms with Crippen molar-refractivity contribution in [3.63, 3.8) is 0 Å². The highest BCUT2D eigenvalue weighted by atomic mass is 32.1. The SMILES string of the molecule is O=C(Nc1ccc2c(c1)OCO2)c1c(NC(=O)C2CCCCC2C(=O)O)sc2c1CCC2. The maximum absolute atomic E-state index is 13.3. The summed E-state index contributed by atoms with van der Waals surface area (Å²) in [7, 11) is 0. The lowest BCUT2D eigenvalue weighted by molar-refractivity contribution is -0.147. The number of fused-ring (bicyclic) bond motifs is 2. The van der Waals surface area contributed by atoms with Gasteiger partial charge in [-0.15, -0.1) is 11.3 Å². The quantitative estimate of drug-likeness (QED) is 0.626.